The van der Waals surface area contributed by atoms with E-state index in [0.717, 1.165) is 6.42 Å². The van der Waals surface area contributed by atoms with Gasteiger partial charge in [-0.05, 0) is 18.6 Å². The minimum atomic E-state index is -0.912. The van der Waals surface area contributed by atoms with Crippen molar-refractivity contribution in [1.29, 1.82) is 0 Å². The zero-order chi connectivity index (χ0) is 19.3. The van der Waals surface area contributed by atoms with Crippen molar-refractivity contribution in [2.75, 3.05) is 33.4 Å². The average molecular weight is 375 g/mol. The smallest absolute Gasteiger partial charge is 0.258 e. The minimum absolute atomic E-state index is 0.00638. The number of para-hydroxylation sites is 1. The number of nitrogens with one attached hydrogen (secondary N) is 2. The molecule has 146 valence electrons. The first-order chi connectivity index (χ1) is 13.0. The molecule has 2 heterocycles. The first-order valence-corrected chi connectivity index (χ1v) is 9.17. The number of hydrogen-bond donors (Lipinski definition) is 2. The Balaban J connectivity index is 1.60. The second-order valence-electron chi connectivity index (χ2n) is 6.81. The van der Waals surface area contributed by atoms with Crippen molar-refractivity contribution in [3.05, 3.63) is 29.8 Å². The van der Waals surface area contributed by atoms with Gasteiger partial charge < -0.3 is 25.0 Å². The van der Waals surface area contributed by atoms with Crippen LogP contribution in [0.15, 0.2) is 24.3 Å². The first kappa shape index (κ1) is 19.2. The van der Waals surface area contributed by atoms with Crippen LogP contribution in [0.25, 0.3) is 0 Å². The standard InChI is InChI=1S/C19H25N3O5/c1-26-12-4-10-20-16(23)13-22-11-9-19(8-7-17(22)24)21-18(25)14-5-2-3-6-15(14)27-19/h2-3,5-6H,4,7-13H2,1H3,(H,20,23)(H,21,25). The Morgan fingerprint density at radius 3 is 2.96 bits per heavy atom. The highest BCUT2D eigenvalue weighted by molar-refractivity contribution is 5.98. The SMILES string of the molecule is COCCCNC(=O)CN1CCC2(CCC1=O)NC(=O)c1ccccc1O2. The maximum atomic E-state index is 12.4. The van der Waals surface area contributed by atoms with E-state index in [0.29, 0.717) is 43.9 Å². The molecular weight excluding hydrogens is 350 g/mol. The largest absolute Gasteiger partial charge is 0.467 e. The molecule has 1 aromatic rings. The van der Waals surface area contributed by atoms with Crippen molar-refractivity contribution in [3.63, 3.8) is 0 Å². The van der Waals surface area contributed by atoms with Gasteiger partial charge in [-0.2, -0.15) is 0 Å². The number of methoxy groups -OCH3 is 1. The molecule has 27 heavy (non-hydrogen) atoms. The second-order valence-corrected chi connectivity index (χ2v) is 6.81. The predicted molar refractivity (Wildman–Crippen MR) is 97.2 cm³/mol. The van der Waals surface area contributed by atoms with Crippen molar-refractivity contribution in [2.45, 2.75) is 31.4 Å². The quantitative estimate of drug-likeness (QED) is 0.713. The molecule has 0 saturated carbocycles. The lowest BCUT2D eigenvalue weighted by molar-refractivity contribution is -0.135. The van der Waals surface area contributed by atoms with Crippen LogP contribution in [0.5, 0.6) is 5.75 Å². The highest BCUT2D eigenvalue weighted by atomic mass is 16.5. The molecule has 8 nitrogen and oxygen atoms in total. The number of rotatable bonds is 6. The van der Waals surface area contributed by atoms with Crippen LogP contribution in [0.4, 0.5) is 0 Å². The van der Waals surface area contributed by atoms with Crippen LogP contribution in [-0.2, 0) is 14.3 Å². The van der Waals surface area contributed by atoms with Gasteiger partial charge in [-0.15, -0.1) is 0 Å². The van der Waals surface area contributed by atoms with Gasteiger partial charge in [0.2, 0.25) is 11.8 Å². The lowest BCUT2D eigenvalue weighted by Crippen LogP contribution is -2.56. The summed E-state index contributed by atoms with van der Waals surface area (Å²) in [4.78, 5) is 38.4. The molecule has 0 aromatic heterocycles. The van der Waals surface area contributed by atoms with E-state index in [1.807, 2.05) is 6.07 Å². The third kappa shape index (κ3) is 4.57. The number of amides is 3. The molecule has 0 bridgehead atoms. The molecule has 3 rings (SSSR count). The highest BCUT2D eigenvalue weighted by Crippen LogP contribution is 2.33. The predicted octanol–water partition coefficient (Wildman–Crippen LogP) is 0.670. The Labute approximate surface area is 158 Å². The number of carbonyl (C=O) groups is 3. The fourth-order valence-corrected chi connectivity index (χ4v) is 3.35. The van der Waals surface area contributed by atoms with Gasteiger partial charge >= 0.3 is 0 Å². The third-order valence-corrected chi connectivity index (χ3v) is 4.84. The third-order valence-electron chi connectivity index (χ3n) is 4.84. The lowest BCUT2D eigenvalue weighted by Gasteiger charge is -2.38. The van der Waals surface area contributed by atoms with Crippen molar-refractivity contribution < 1.29 is 23.9 Å². The number of hydrogen-bond acceptors (Lipinski definition) is 5. The summed E-state index contributed by atoms with van der Waals surface area (Å²) in [6.07, 6.45) is 1.73. The Morgan fingerprint density at radius 1 is 1.33 bits per heavy atom. The first-order valence-electron chi connectivity index (χ1n) is 9.17. The molecule has 1 spiro atoms. The van der Waals surface area contributed by atoms with Crippen molar-refractivity contribution >= 4 is 17.7 Å². The summed E-state index contributed by atoms with van der Waals surface area (Å²) in [6, 6.07) is 7.06. The Hall–Kier alpha value is -2.61. The molecular formula is C19H25N3O5. The van der Waals surface area contributed by atoms with E-state index < -0.39 is 5.72 Å². The van der Waals surface area contributed by atoms with Crippen LogP contribution < -0.4 is 15.4 Å². The number of fused-ring (bicyclic) bond motifs is 1. The number of benzene rings is 1. The second kappa shape index (κ2) is 8.39. The number of nitrogens with zero attached hydrogens (tertiary/aromatic N) is 1. The molecule has 1 fully saturated rings. The molecule has 0 radical (unpaired) electrons. The molecule has 2 aliphatic rings. The van der Waals surface area contributed by atoms with Crippen LogP contribution >= 0.6 is 0 Å². The summed E-state index contributed by atoms with van der Waals surface area (Å²) in [5.74, 6) is 0.0108. The van der Waals surface area contributed by atoms with Gasteiger partial charge in [-0.3, -0.25) is 14.4 Å². The molecule has 2 N–H and O–H groups in total. The zero-order valence-electron chi connectivity index (χ0n) is 15.5. The molecule has 1 atom stereocenters. The van der Waals surface area contributed by atoms with E-state index in [1.165, 1.54) is 4.90 Å². The van der Waals surface area contributed by atoms with Gasteiger partial charge in [0.1, 0.15) is 5.75 Å². The van der Waals surface area contributed by atoms with E-state index in [2.05, 4.69) is 10.6 Å². The Bertz CT molecular complexity index is 723. The van der Waals surface area contributed by atoms with E-state index >= 15 is 0 Å². The fourth-order valence-electron chi connectivity index (χ4n) is 3.35. The zero-order valence-corrected chi connectivity index (χ0v) is 15.5. The monoisotopic (exact) mass is 375 g/mol. The summed E-state index contributed by atoms with van der Waals surface area (Å²) in [7, 11) is 1.61. The van der Waals surface area contributed by atoms with Crippen molar-refractivity contribution in [1.82, 2.24) is 15.5 Å². The van der Waals surface area contributed by atoms with Crippen LogP contribution in [0.3, 0.4) is 0 Å². The molecule has 2 aliphatic heterocycles. The maximum Gasteiger partial charge on any atom is 0.258 e. The summed E-state index contributed by atoms with van der Waals surface area (Å²) >= 11 is 0. The summed E-state index contributed by atoms with van der Waals surface area (Å²) in [5.41, 5.74) is -0.420. The van der Waals surface area contributed by atoms with Gasteiger partial charge in [0.25, 0.3) is 5.91 Å². The van der Waals surface area contributed by atoms with E-state index in [1.54, 1.807) is 25.3 Å². The van der Waals surface area contributed by atoms with Crippen LogP contribution in [-0.4, -0.2) is 61.7 Å². The number of ether oxygens (including phenoxy) is 2. The molecule has 8 heteroatoms. The van der Waals surface area contributed by atoms with E-state index in [-0.39, 0.29) is 30.7 Å². The van der Waals surface area contributed by atoms with Crippen molar-refractivity contribution in [2.24, 2.45) is 0 Å². The summed E-state index contributed by atoms with van der Waals surface area (Å²) < 4.78 is 11.0. The van der Waals surface area contributed by atoms with Crippen LogP contribution in [0.2, 0.25) is 0 Å². The lowest BCUT2D eigenvalue weighted by atomic mass is 10.0. The molecule has 3 amide bonds. The van der Waals surface area contributed by atoms with Gasteiger partial charge in [0, 0.05) is 46.1 Å². The Kier molecular flexibility index (Phi) is 5.95. The fraction of sp³-hybridized carbons (Fsp3) is 0.526. The maximum absolute atomic E-state index is 12.4. The van der Waals surface area contributed by atoms with Crippen molar-refractivity contribution in [3.8, 4) is 5.75 Å². The van der Waals surface area contributed by atoms with Gasteiger partial charge in [0.15, 0.2) is 5.72 Å². The summed E-state index contributed by atoms with van der Waals surface area (Å²) in [6.45, 7) is 1.43. The van der Waals surface area contributed by atoms with Crippen LogP contribution in [0, 0.1) is 0 Å². The number of likely N-dealkylation sites (tertiary alicyclic amines) is 1. The molecule has 1 saturated heterocycles. The normalized spacial score (nSPS) is 21.9. The van der Waals surface area contributed by atoms with Gasteiger partial charge in [0.05, 0.1) is 12.1 Å². The van der Waals surface area contributed by atoms with E-state index in [9.17, 15) is 14.4 Å². The summed E-state index contributed by atoms with van der Waals surface area (Å²) in [5, 5.41) is 5.70. The molecule has 1 aromatic carbocycles. The topological polar surface area (TPSA) is 97.0 Å². The van der Waals surface area contributed by atoms with Gasteiger partial charge in [-0.1, -0.05) is 12.1 Å². The van der Waals surface area contributed by atoms with Crippen LogP contribution in [0.1, 0.15) is 36.0 Å². The average Bonchev–Trinajstić information content (AvgIpc) is 2.80. The molecule has 0 aliphatic carbocycles. The molecule has 1 unspecified atom stereocenters. The number of carbonyl (C=O) groups excluding carboxylic acids is 3. The van der Waals surface area contributed by atoms with E-state index in [4.69, 9.17) is 9.47 Å². The van der Waals surface area contributed by atoms with Gasteiger partial charge in [-0.25, -0.2) is 0 Å². The highest BCUT2D eigenvalue weighted by Gasteiger charge is 2.42. The minimum Gasteiger partial charge on any atom is -0.467 e. The Morgan fingerprint density at radius 2 is 2.15 bits per heavy atom.